The molecule has 0 atom stereocenters. The molecule has 0 saturated heterocycles. The Kier molecular flexibility index (Phi) is 6.70. The van der Waals surface area contributed by atoms with Gasteiger partial charge in [-0.05, 0) is 44.9 Å². The maximum Gasteiger partial charge on any atom is 0.408 e. The average Bonchev–Trinajstić information content (AvgIpc) is 3.34. The SMILES string of the molecule is CCCNC(=O)c1cc(-c2cc(C)c3c(n2)C(C)(C)N(c2cnn(CC(F)(F)F)c2)C3=O)cnc1OC. The number of hydrogen-bond donors (Lipinski definition) is 1. The number of methoxy groups -OCH3 is 1. The minimum atomic E-state index is -4.44. The summed E-state index contributed by atoms with van der Waals surface area (Å²) in [5, 5.41) is 6.59. The van der Waals surface area contributed by atoms with Crippen LogP contribution in [0.4, 0.5) is 18.9 Å². The number of pyridine rings is 2. The normalized spacial score (nSPS) is 14.6. The van der Waals surface area contributed by atoms with Gasteiger partial charge in [-0.25, -0.2) is 9.97 Å². The number of alkyl halides is 3. The van der Waals surface area contributed by atoms with Crippen LogP contribution in [0.15, 0.2) is 30.7 Å². The number of anilines is 1. The van der Waals surface area contributed by atoms with Crippen molar-refractivity contribution in [2.24, 2.45) is 0 Å². The van der Waals surface area contributed by atoms with E-state index in [1.165, 1.54) is 30.6 Å². The summed E-state index contributed by atoms with van der Waals surface area (Å²) in [6.07, 6.45) is 0.294. The third-order valence-electron chi connectivity index (χ3n) is 6.11. The molecule has 9 nitrogen and oxygen atoms in total. The van der Waals surface area contributed by atoms with E-state index in [1.807, 2.05) is 6.92 Å². The molecule has 12 heteroatoms. The van der Waals surface area contributed by atoms with Crippen LogP contribution in [0.5, 0.6) is 5.88 Å². The summed E-state index contributed by atoms with van der Waals surface area (Å²) in [5.41, 5.74) is 2.02. The molecule has 0 spiro atoms. The third kappa shape index (κ3) is 4.87. The Morgan fingerprint density at radius 3 is 2.59 bits per heavy atom. The number of nitrogens with zero attached hydrogens (tertiary/aromatic N) is 5. The first kappa shape index (κ1) is 26.1. The first-order valence-electron chi connectivity index (χ1n) is 11.7. The highest BCUT2D eigenvalue weighted by Crippen LogP contribution is 2.43. The highest BCUT2D eigenvalue weighted by atomic mass is 19.4. The van der Waals surface area contributed by atoms with E-state index >= 15 is 0 Å². The van der Waals surface area contributed by atoms with Crippen LogP contribution in [-0.4, -0.2) is 51.4 Å². The Morgan fingerprint density at radius 2 is 1.95 bits per heavy atom. The predicted octanol–water partition coefficient (Wildman–Crippen LogP) is 4.25. The minimum absolute atomic E-state index is 0.174. The zero-order valence-electron chi connectivity index (χ0n) is 21.1. The fourth-order valence-corrected chi connectivity index (χ4v) is 4.43. The average molecular weight is 517 g/mol. The second kappa shape index (κ2) is 9.49. The van der Waals surface area contributed by atoms with Gasteiger partial charge >= 0.3 is 6.18 Å². The molecule has 0 bridgehead atoms. The van der Waals surface area contributed by atoms with Gasteiger partial charge in [0.05, 0.1) is 41.5 Å². The molecule has 4 heterocycles. The van der Waals surface area contributed by atoms with E-state index in [9.17, 15) is 22.8 Å². The summed E-state index contributed by atoms with van der Waals surface area (Å²) >= 11 is 0. The fraction of sp³-hybridized carbons (Fsp3) is 0.400. The Hall–Kier alpha value is -3.96. The number of aryl methyl sites for hydroxylation is 1. The summed E-state index contributed by atoms with van der Waals surface area (Å²) in [5.74, 6) is -0.535. The lowest BCUT2D eigenvalue weighted by atomic mass is 9.96. The Labute approximate surface area is 211 Å². The van der Waals surface area contributed by atoms with Gasteiger partial charge in [0.25, 0.3) is 11.8 Å². The summed E-state index contributed by atoms with van der Waals surface area (Å²) in [7, 11) is 1.43. The second-order valence-electron chi connectivity index (χ2n) is 9.30. The topological polar surface area (TPSA) is 102 Å². The van der Waals surface area contributed by atoms with Gasteiger partial charge < -0.3 is 10.1 Å². The van der Waals surface area contributed by atoms with Gasteiger partial charge in [0, 0.05) is 24.5 Å². The molecular formula is C25H27F3N6O3. The number of ether oxygens (including phenoxy) is 1. The van der Waals surface area contributed by atoms with Crippen LogP contribution < -0.4 is 15.0 Å². The minimum Gasteiger partial charge on any atom is -0.480 e. The number of fused-ring (bicyclic) bond motifs is 1. The van der Waals surface area contributed by atoms with Crippen LogP contribution in [0.2, 0.25) is 0 Å². The van der Waals surface area contributed by atoms with E-state index in [4.69, 9.17) is 9.72 Å². The Bertz CT molecular complexity index is 1370. The predicted molar refractivity (Wildman–Crippen MR) is 129 cm³/mol. The van der Waals surface area contributed by atoms with E-state index in [0.29, 0.717) is 34.6 Å². The molecular weight excluding hydrogens is 489 g/mol. The largest absolute Gasteiger partial charge is 0.480 e. The van der Waals surface area contributed by atoms with E-state index in [1.54, 1.807) is 32.9 Å². The molecule has 0 aromatic carbocycles. The number of carbonyl (C=O) groups is 2. The number of amides is 2. The lowest BCUT2D eigenvalue weighted by Crippen LogP contribution is -2.39. The maximum atomic E-state index is 13.4. The molecule has 37 heavy (non-hydrogen) atoms. The molecule has 0 radical (unpaired) electrons. The molecule has 3 aromatic heterocycles. The summed E-state index contributed by atoms with van der Waals surface area (Å²) in [6.45, 7) is 6.47. The zero-order chi connectivity index (χ0) is 27.1. The lowest BCUT2D eigenvalue weighted by Gasteiger charge is -2.30. The van der Waals surface area contributed by atoms with Crippen molar-refractivity contribution in [2.75, 3.05) is 18.6 Å². The van der Waals surface area contributed by atoms with Crippen molar-refractivity contribution in [3.63, 3.8) is 0 Å². The van der Waals surface area contributed by atoms with Crippen molar-refractivity contribution < 1.29 is 27.5 Å². The molecule has 0 unspecified atom stereocenters. The Balaban J connectivity index is 1.75. The third-order valence-corrected chi connectivity index (χ3v) is 6.11. The smallest absolute Gasteiger partial charge is 0.408 e. The highest BCUT2D eigenvalue weighted by Gasteiger charge is 2.47. The van der Waals surface area contributed by atoms with Gasteiger partial charge in [-0.1, -0.05) is 6.92 Å². The number of rotatable bonds is 7. The van der Waals surface area contributed by atoms with Crippen molar-refractivity contribution in [1.82, 2.24) is 25.1 Å². The summed E-state index contributed by atoms with van der Waals surface area (Å²) in [4.78, 5) is 36.6. The monoisotopic (exact) mass is 516 g/mol. The molecule has 0 saturated carbocycles. The van der Waals surface area contributed by atoms with E-state index in [-0.39, 0.29) is 28.9 Å². The number of hydrogen-bond acceptors (Lipinski definition) is 6. The quantitative estimate of drug-likeness (QED) is 0.504. The first-order valence-corrected chi connectivity index (χ1v) is 11.7. The van der Waals surface area contributed by atoms with Crippen LogP contribution in [0.25, 0.3) is 11.3 Å². The highest BCUT2D eigenvalue weighted by molar-refractivity contribution is 6.12. The first-order chi connectivity index (χ1) is 17.4. The van der Waals surface area contributed by atoms with Crippen molar-refractivity contribution in [3.8, 4) is 17.1 Å². The second-order valence-corrected chi connectivity index (χ2v) is 9.30. The molecule has 2 amide bonds. The van der Waals surface area contributed by atoms with Gasteiger partial charge in [-0.15, -0.1) is 0 Å². The number of carbonyl (C=O) groups excluding carboxylic acids is 2. The zero-order valence-corrected chi connectivity index (χ0v) is 21.1. The van der Waals surface area contributed by atoms with E-state index in [2.05, 4.69) is 15.4 Å². The van der Waals surface area contributed by atoms with Crippen LogP contribution in [-0.2, 0) is 12.1 Å². The molecule has 4 rings (SSSR count). The molecule has 1 N–H and O–H groups in total. The number of halogens is 3. The van der Waals surface area contributed by atoms with Crippen LogP contribution in [0, 0.1) is 6.92 Å². The standard InChI is InChI=1S/C25H27F3N6O3/c1-6-7-29-21(35)17-9-15(10-30-22(17)37-5)18-8-14(2)19-20(32-18)24(3,4)34(23(19)36)16-11-31-33(12-16)13-25(26,27)28/h8-12H,6-7,13H2,1-5H3,(H,29,35). The van der Waals surface area contributed by atoms with Crippen molar-refractivity contribution in [3.05, 3.63) is 53.1 Å². The van der Waals surface area contributed by atoms with Crippen molar-refractivity contribution >= 4 is 17.5 Å². The van der Waals surface area contributed by atoms with Crippen molar-refractivity contribution in [1.29, 1.82) is 0 Å². The van der Waals surface area contributed by atoms with Crippen LogP contribution in [0.3, 0.4) is 0 Å². The molecule has 0 aliphatic carbocycles. The maximum absolute atomic E-state index is 13.4. The Morgan fingerprint density at radius 1 is 1.22 bits per heavy atom. The van der Waals surface area contributed by atoms with Crippen molar-refractivity contribution in [2.45, 2.75) is 52.4 Å². The molecule has 1 aliphatic rings. The van der Waals surface area contributed by atoms with Gasteiger partial charge in [0.15, 0.2) is 0 Å². The molecule has 0 fully saturated rings. The molecule has 196 valence electrons. The summed E-state index contributed by atoms with van der Waals surface area (Å²) < 4.78 is 44.5. The lowest BCUT2D eigenvalue weighted by molar-refractivity contribution is -0.142. The summed E-state index contributed by atoms with van der Waals surface area (Å²) in [6, 6.07) is 3.36. The van der Waals surface area contributed by atoms with E-state index < -0.39 is 18.3 Å². The molecule has 1 aliphatic heterocycles. The molecule has 3 aromatic rings. The van der Waals surface area contributed by atoms with Crippen LogP contribution >= 0.6 is 0 Å². The fourth-order valence-electron chi connectivity index (χ4n) is 4.43. The number of nitrogens with one attached hydrogen (secondary N) is 1. The van der Waals surface area contributed by atoms with Gasteiger partial charge in [0.1, 0.15) is 12.1 Å². The van der Waals surface area contributed by atoms with E-state index in [0.717, 1.165) is 11.1 Å². The van der Waals surface area contributed by atoms with Gasteiger partial charge in [0.2, 0.25) is 5.88 Å². The van der Waals surface area contributed by atoms with Crippen LogP contribution in [0.1, 0.15) is 59.2 Å². The van der Waals surface area contributed by atoms with Gasteiger partial charge in [-0.3, -0.25) is 19.2 Å². The van der Waals surface area contributed by atoms with Gasteiger partial charge in [-0.2, -0.15) is 18.3 Å². The number of aromatic nitrogens is 4.